The largest absolute Gasteiger partial charge is 0.378 e. The van der Waals surface area contributed by atoms with E-state index in [1.807, 2.05) is 18.2 Å². The lowest BCUT2D eigenvalue weighted by atomic mass is 9.98. The summed E-state index contributed by atoms with van der Waals surface area (Å²) in [5, 5.41) is 6.28. The second kappa shape index (κ2) is 10.8. The predicted octanol–water partition coefficient (Wildman–Crippen LogP) is 3.27. The van der Waals surface area contributed by atoms with Gasteiger partial charge in [-0.3, -0.25) is 4.79 Å². The molecule has 2 N–H and O–H groups in total. The second-order valence-electron chi connectivity index (χ2n) is 6.75. The molecule has 1 amide bonds. The van der Waals surface area contributed by atoms with Crippen molar-refractivity contribution in [2.75, 3.05) is 25.1 Å². The first-order chi connectivity index (χ1) is 11.8. The van der Waals surface area contributed by atoms with Crippen LogP contribution in [0.25, 0.3) is 0 Å². The molecule has 1 saturated heterocycles. The van der Waals surface area contributed by atoms with Crippen LogP contribution in [0.5, 0.6) is 0 Å². The molecule has 1 aromatic rings. The molecule has 1 aromatic carbocycles. The number of rotatable bonds is 6. The van der Waals surface area contributed by atoms with E-state index in [9.17, 15) is 4.79 Å². The van der Waals surface area contributed by atoms with Gasteiger partial charge in [-0.15, -0.1) is 12.4 Å². The highest BCUT2D eigenvalue weighted by molar-refractivity contribution is 5.91. The fourth-order valence-corrected chi connectivity index (χ4v) is 3.37. The smallest absolute Gasteiger partial charge is 0.226 e. The number of benzene rings is 1. The van der Waals surface area contributed by atoms with E-state index in [4.69, 9.17) is 9.47 Å². The number of morpholine rings is 1. The van der Waals surface area contributed by atoms with Crippen molar-refractivity contribution < 1.29 is 14.3 Å². The molecule has 1 heterocycles. The third-order valence-corrected chi connectivity index (χ3v) is 4.68. The first kappa shape index (κ1) is 20.2. The number of carbonyl (C=O) groups excluding carboxylic acids is 1. The zero-order valence-electron chi connectivity index (χ0n) is 14.7. The highest BCUT2D eigenvalue weighted by Gasteiger charge is 2.17. The Morgan fingerprint density at radius 2 is 2.12 bits per heavy atom. The molecule has 1 unspecified atom stereocenters. The quantitative estimate of drug-likeness (QED) is 0.809. The number of nitrogens with one attached hydrogen (secondary N) is 2. The van der Waals surface area contributed by atoms with E-state index in [2.05, 4.69) is 16.7 Å². The number of hydrogen-bond donors (Lipinski definition) is 2. The summed E-state index contributed by atoms with van der Waals surface area (Å²) >= 11 is 0. The molecule has 0 aromatic heterocycles. The van der Waals surface area contributed by atoms with Gasteiger partial charge in [0, 0.05) is 24.7 Å². The standard InChI is InChI=1S/C19H28N2O3.ClH/c22-19(12-17-14-23-10-9-20-17)21-16-6-4-5-15(11-16)13-24-18-7-2-1-3-8-18;/h4-6,11,17-18,20H,1-3,7-10,12-14H2,(H,21,22);1H. The van der Waals surface area contributed by atoms with E-state index in [0.717, 1.165) is 24.4 Å². The van der Waals surface area contributed by atoms with Crippen LogP contribution >= 0.6 is 12.4 Å². The van der Waals surface area contributed by atoms with E-state index >= 15 is 0 Å². The first-order valence-corrected chi connectivity index (χ1v) is 9.11. The number of ether oxygens (including phenoxy) is 2. The summed E-state index contributed by atoms with van der Waals surface area (Å²) < 4.78 is 11.4. The highest BCUT2D eigenvalue weighted by atomic mass is 35.5. The van der Waals surface area contributed by atoms with Crippen LogP contribution in [0.15, 0.2) is 24.3 Å². The third kappa shape index (κ3) is 6.94. The first-order valence-electron chi connectivity index (χ1n) is 9.11. The molecule has 5 nitrogen and oxygen atoms in total. The molecule has 3 rings (SSSR count). The van der Waals surface area contributed by atoms with Gasteiger partial charge in [0.15, 0.2) is 0 Å². The molecule has 0 spiro atoms. The summed E-state index contributed by atoms with van der Waals surface area (Å²) in [7, 11) is 0. The van der Waals surface area contributed by atoms with Gasteiger partial charge in [-0.25, -0.2) is 0 Å². The topological polar surface area (TPSA) is 59.6 Å². The molecule has 6 heteroatoms. The maximum atomic E-state index is 12.2. The Labute approximate surface area is 156 Å². The Hall–Kier alpha value is -1.14. The monoisotopic (exact) mass is 368 g/mol. The molecule has 1 saturated carbocycles. The van der Waals surface area contributed by atoms with Gasteiger partial charge in [0.05, 0.1) is 25.9 Å². The second-order valence-corrected chi connectivity index (χ2v) is 6.75. The summed E-state index contributed by atoms with van der Waals surface area (Å²) in [6.07, 6.45) is 7.07. The van der Waals surface area contributed by atoms with Crippen LogP contribution in [-0.4, -0.2) is 37.8 Å². The van der Waals surface area contributed by atoms with Crippen molar-refractivity contribution in [2.24, 2.45) is 0 Å². The van der Waals surface area contributed by atoms with Gasteiger partial charge < -0.3 is 20.1 Å². The predicted molar refractivity (Wildman–Crippen MR) is 101 cm³/mol. The number of hydrogen-bond acceptors (Lipinski definition) is 4. The van der Waals surface area contributed by atoms with Crippen LogP contribution in [0.4, 0.5) is 5.69 Å². The van der Waals surface area contributed by atoms with Crippen molar-refractivity contribution in [3.8, 4) is 0 Å². The molecule has 1 atom stereocenters. The van der Waals surface area contributed by atoms with Gasteiger partial charge in [0.25, 0.3) is 0 Å². The van der Waals surface area contributed by atoms with Crippen LogP contribution in [0.2, 0.25) is 0 Å². The number of anilines is 1. The van der Waals surface area contributed by atoms with E-state index in [0.29, 0.717) is 25.7 Å². The van der Waals surface area contributed by atoms with Gasteiger partial charge in [-0.1, -0.05) is 31.4 Å². The van der Waals surface area contributed by atoms with Crippen LogP contribution < -0.4 is 10.6 Å². The summed E-state index contributed by atoms with van der Waals surface area (Å²) in [5.74, 6) is 0.0170. The average Bonchev–Trinajstić information content (AvgIpc) is 2.62. The Morgan fingerprint density at radius 3 is 2.88 bits per heavy atom. The van der Waals surface area contributed by atoms with Gasteiger partial charge in [0.2, 0.25) is 5.91 Å². The lowest BCUT2D eigenvalue weighted by molar-refractivity contribution is -0.117. The summed E-state index contributed by atoms with van der Waals surface area (Å²) in [4.78, 5) is 12.2. The van der Waals surface area contributed by atoms with Crippen LogP contribution in [0, 0.1) is 0 Å². The molecular weight excluding hydrogens is 340 g/mol. The van der Waals surface area contributed by atoms with Gasteiger partial charge in [-0.2, -0.15) is 0 Å². The Kier molecular flexibility index (Phi) is 8.68. The normalized spacial score (nSPS) is 21.4. The molecule has 1 aliphatic heterocycles. The Morgan fingerprint density at radius 1 is 1.28 bits per heavy atom. The van der Waals surface area contributed by atoms with Crippen molar-refractivity contribution in [1.82, 2.24) is 5.32 Å². The molecule has 2 fully saturated rings. The summed E-state index contributed by atoms with van der Waals surface area (Å²) in [5.41, 5.74) is 1.94. The minimum absolute atomic E-state index is 0. The van der Waals surface area contributed by atoms with Gasteiger partial charge in [-0.05, 0) is 30.5 Å². The van der Waals surface area contributed by atoms with Crippen molar-refractivity contribution in [3.63, 3.8) is 0 Å². The Balaban J connectivity index is 0.00000225. The SMILES string of the molecule is Cl.O=C(CC1COCCN1)Nc1cccc(COC2CCCCC2)c1. The molecule has 140 valence electrons. The lowest BCUT2D eigenvalue weighted by Gasteiger charge is -2.23. The van der Waals surface area contributed by atoms with Crippen LogP contribution in [-0.2, 0) is 20.9 Å². The van der Waals surface area contributed by atoms with Crippen molar-refractivity contribution >= 4 is 24.0 Å². The van der Waals surface area contributed by atoms with Crippen LogP contribution in [0.3, 0.4) is 0 Å². The molecule has 1 aliphatic carbocycles. The zero-order chi connectivity index (χ0) is 16.6. The maximum Gasteiger partial charge on any atom is 0.226 e. The Bertz CT molecular complexity index is 529. The molecule has 0 radical (unpaired) electrons. The van der Waals surface area contributed by atoms with Crippen molar-refractivity contribution in [2.45, 2.75) is 57.3 Å². The molecular formula is C19H29ClN2O3. The van der Waals surface area contributed by atoms with E-state index in [1.165, 1.54) is 32.1 Å². The van der Waals surface area contributed by atoms with Gasteiger partial charge in [0.1, 0.15) is 0 Å². The fraction of sp³-hybridized carbons (Fsp3) is 0.632. The number of halogens is 1. The highest BCUT2D eigenvalue weighted by Crippen LogP contribution is 2.22. The van der Waals surface area contributed by atoms with Crippen molar-refractivity contribution in [1.29, 1.82) is 0 Å². The third-order valence-electron chi connectivity index (χ3n) is 4.68. The minimum atomic E-state index is 0. The van der Waals surface area contributed by atoms with E-state index in [1.54, 1.807) is 0 Å². The average molecular weight is 369 g/mol. The number of amides is 1. The summed E-state index contributed by atoms with van der Waals surface area (Å²) in [6.45, 7) is 2.75. The van der Waals surface area contributed by atoms with Crippen molar-refractivity contribution in [3.05, 3.63) is 29.8 Å². The van der Waals surface area contributed by atoms with Crippen LogP contribution in [0.1, 0.15) is 44.1 Å². The fourth-order valence-electron chi connectivity index (χ4n) is 3.37. The minimum Gasteiger partial charge on any atom is -0.378 e. The van der Waals surface area contributed by atoms with E-state index in [-0.39, 0.29) is 24.4 Å². The summed E-state index contributed by atoms with van der Waals surface area (Å²) in [6, 6.07) is 8.06. The molecule has 0 bridgehead atoms. The number of carbonyl (C=O) groups is 1. The maximum absolute atomic E-state index is 12.2. The molecule has 2 aliphatic rings. The molecule has 25 heavy (non-hydrogen) atoms. The van der Waals surface area contributed by atoms with E-state index < -0.39 is 0 Å². The van der Waals surface area contributed by atoms with Gasteiger partial charge >= 0.3 is 0 Å². The lowest BCUT2D eigenvalue weighted by Crippen LogP contribution is -2.43. The zero-order valence-corrected chi connectivity index (χ0v) is 15.5.